The Morgan fingerprint density at radius 1 is 1.17 bits per heavy atom. The molecule has 0 aliphatic heterocycles. The Morgan fingerprint density at radius 3 is 2.38 bits per heavy atom. The topological polar surface area (TPSA) is 64.6 Å². The molecule has 0 fully saturated rings. The number of esters is 2. The predicted octanol–water partition coefficient (Wildman–Crippen LogP) is 2.82. The van der Waals surface area contributed by atoms with Gasteiger partial charge in [0.15, 0.2) is 0 Å². The fraction of sp³-hybridized carbons (Fsp3) is 0.333. The molecule has 0 heterocycles. The van der Waals surface area contributed by atoms with Crippen LogP contribution in [0, 0.1) is 5.92 Å². The number of rotatable bonds is 4. The van der Waals surface area contributed by atoms with E-state index in [4.69, 9.17) is 21.1 Å². The van der Waals surface area contributed by atoms with Crippen molar-refractivity contribution in [3.05, 3.63) is 57.8 Å². The van der Waals surface area contributed by atoms with Gasteiger partial charge in [-0.2, -0.15) is 0 Å². The summed E-state index contributed by atoms with van der Waals surface area (Å²) < 4.78 is 9.91. The normalized spacial score (nSPS) is 20.3. The molecule has 1 aromatic rings. The van der Waals surface area contributed by atoms with E-state index in [1.165, 1.54) is 14.2 Å². The molecule has 6 heteroatoms. The van der Waals surface area contributed by atoms with Gasteiger partial charge in [-0.25, -0.2) is 4.79 Å². The van der Waals surface area contributed by atoms with Crippen molar-refractivity contribution < 1.29 is 19.1 Å². The maximum atomic E-state index is 12.5. The molecule has 1 aliphatic carbocycles. The van der Waals surface area contributed by atoms with E-state index in [9.17, 15) is 9.59 Å². The molecule has 0 amide bonds. The maximum absolute atomic E-state index is 12.5. The molecule has 0 spiro atoms. The monoisotopic (exact) mass is 349 g/mol. The highest BCUT2D eigenvalue weighted by atomic mass is 35.5. The lowest BCUT2D eigenvalue weighted by molar-refractivity contribution is -0.145. The number of hydrogen-bond donors (Lipinski definition) is 1. The summed E-state index contributed by atoms with van der Waals surface area (Å²) in [5, 5.41) is 3.50. The highest BCUT2D eigenvalue weighted by Gasteiger charge is 2.42. The van der Waals surface area contributed by atoms with Gasteiger partial charge in [0.2, 0.25) is 0 Å². The van der Waals surface area contributed by atoms with Crippen LogP contribution in [-0.4, -0.2) is 33.2 Å². The molecule has 24 heavy (non-hydrogen) atoms. The number of benzene rings is 1. The summed E-state index contributed by atoms with van der Waals surface area (Å²) in [5.74, 6) is -2.24. The first-order valence-electron chi connectivity index (χ1n) is 7.46. The van der Waals surface area contributed by atoms with Gasteiger partial charge in [-0.1, -0.05) is 29.8 Å². The van der Waals surface area contributed by atoms with E-state index >= 15 is 0 Å². The molecular weight excluding hydrogens is 330 g/mol. The minimum atomic E-state index is -0.710. The van der Waals surface area contributed by atoms with Gasteiger partial charge in [0.25, 0.3) is 0 Å². The van der Waals surface area contributed by atoms with Gasteiger partial charge in [-0.15, -0.1) is 0 Å². The summed E-state index contributed by atoms with van der Waals surface area (Å²) in [4.78, 5) is 24.9. The molecule has 0 unspecified atom stereocenters. The Balaban J connectivity index is 2.74. The van der Waals surface area contributed by atoms with Gasteiger partial charge in [0.1, 0.15) is 5.92 Å². The third-order valence-electron chi connectivity index (χ3n) is 4.17. The average molecular weight is 350 g/mol. The minimum absolute atomic E-state index is 0.403. The molecule has 2 rings (SSSR count). The molecule has 2 atom stereocenters. The summed E-state index contributed by atoms with van der Waals surface area (Å²) in [6, 6.07) is 7.15. The van der Waals surface area contributed by atoms with Crippen LogP contribution in [0.3, 0.4) is 0 Å². The molecule has 1 aromatic carbocycles. The zero-order chi connectivity index (χ0) is 17.9. The van der Waals surface area contributed by atoms with Gasteiger partial charge in [-0.3, -0.25) is 4.79 Å². The zero-order valence-corrected chi connectivity index (χ0v) is 14.8. The number of halogens is 1. The van der Waals surface area contributed by atoms with Crippen molar-refractivity contribution in [2.45, 2.75) is 12.8 Å². The molecular formula is C18H20ClNO4. The second-order valence-electron chi connectivity index (χ2n) is 5.44. The third-order valence-corrected chi connectivity index (χ3v) is 4.51. The van der Waals surface area contributed by atoms with Crippen LogP contribution in [-0.2, 0) is 19.1 Å². The van der Waals surface area contributed by atoms with Crippen LogP contribution in [0.25, 0.3) is 0 Å². The van der Waals surface area contributed by atoms with Crippen LogP contribution in [0.5, 0.6) is 0 Å². The smallest absolute Gasteiger partial charge is 0.334 e. The first-order chi connectivity index (χ1) is 11.5. The van der Waals surface area contributed by atoms with E-state index in [1.807, 2.05) is 6.07 Å². The van der Waals surface area contributed by atoms with Gasteiger partial charge in [0, 0.05) is 29.3 Å². The highest BCUT2D eigenvalue weighted by Crippen LogP contribution is 2.44. The Labute approximate surface area is 146 Å². The molecule has 0 aromatic heterocycles. The van der Waals surface area contributed by atoms with E-state index in [-0.39, 0.29) is 0 Å². The summed E-state index contributed by atoms with van der Waals surface area (Å²) >= 11 is 6.36. The van der Waals surface area contributed by atoms with E-state index in [0.29, 0.717) is 21.9 Å². The van der Waals surface area contributed by atoms with Gasteiger partial charge >= 0.3 is 11.9 Å². The zero-order valence-electron chi connectivity index (χ0n) is 14.1. The van der Waals surface area contributed by atoms with Crippen molar-refractivity contribution in [1.29, 1.82) is 0 Å². The Morgan fingerprint density at radius 2 is 1.83 bits per heavy atom. The number of hydrogen-bond acceptors (Lipinski definition) is 5. The molecule has 128 valence electrons. The van der Waals surface area contributed by atoms with Gasteiger partial charge < -0.3 is 14.8 Å². The standard InChI is InChI=1S/C18H20ClNO4/c1-10-9-13(20-2)16(18(22)24-4)15(14(10)17(21)23-3)11-7-5-6-8-12(11)19/h5-9,15-16,20H,1-4H3/t15-,16+/m1/s1. The van der Waals surface area contributed by atoms with E-state index in [0.717, 1.165) is 5.57 Å². The first kappa shape index (κ1) is 18.1. The number of ether oxygens (including phenoxy) is 2. The molecule has 0 bridgehead atoms. The van der Waals surface area contributed by atoms with Crippen LogP contribution in [0.4, 0.5) is 0 Å². The summed E-state index contributed by atoms with van der Waals surface area (Å²) in [6.45, 7) is 1.81. The first-order valence-corrected chi connectivity index (χ1v) is 7.84. The van der Waals surface area contributed by atoms with Crippen LogP contribution in [0.15, 0.2) is 47.2 Å². The van der Waals surface area contributed by atoms with E-state index in [1.54, 1.807) is 38.2 Å². The number of allylic oxidation sites excluding steroid dienone is 2. The largest absolute Gasteiger partial charge is 0.468 e. The number of methoxy groups -OCH3 is 2. The second kappa shape index (κ2) is 7.53. The lowest BCUT2D eigenvalue weighted by Crippen LogP contribution is -2.36. The van der Waals surface area contributed by atoms with Crippen LogP contribution >= 0.6 is 11.6 Å². The van der Waals surface area contributed by atoms with Crippen LogP contribution in [0.1, 0.15) is 18.4 Å². The maximum Gasteiger partial charge on any atom is 0.334 e. The van der Waals surface area contributed by atoms with Crippen LogP contribution in [0.2, 0.25) is 5.02 Å². The van der Waals surface area contributed by atoms with E-state index in [2.05, 4.69) is 5.32 Å². The van der Waals surface area contributed by atoms with Crippen molar-refractivity contribution in [3.63, 3.8) is 0 Å². The fourth-order valence-electron chi connectivity index (χ4n) is 3.07. The van der Waals surface area contributed by atoms with Crippen molar-refractivity contribution >= 4 is 23.5 Å². The molecule has 1 aliphatic rings. The minimum Gasteiger partial charge on any atom is -0.468 e. The molecule has 0 radical (unpaired) electrons. The van der Waals surface area contributed by atoms with Crippen LogP contribution < -0.4 is 5.32 Å². The SMILES string of the molecule is CNC1=CC(C)=C(C(=O)OC)[C@@H](c2ccccc2Cl)[C@H]1C(=O)OC. The third kappa shape index (κ3) is 3.17. The van der Waals surface area contributed by atoms with Crippen molar-refractivity contribution in [3.8, 4) is 0 Å². The lowest BCUT2D eigenvalue weighted by Gasteiger charge is -2.33. The van der Waals surface area contributed by atoms with Gasteiger partial charge in [-0.05, 0) is 30.2 Å². The van der Waals surface area contributed by atoms with E-state index < -0.39 is 23.8 Å². The van der Waals surface area contributed by atoms with Gasteiger partial charge in [0.05, 0.1) is 14.2 Å². The lowest BCUT2D eigenvalue weighted by atomic mass is 9.73. The highest BCUT2D eigenvalue weighted by molar-refractivity contribution is 6.31. The number of nitrogens with one attached hydrogen (secondary N) is 1. The van der Waals surface area contributed by atoms with Crippen molar-refractivity contribution in [1.82, 2.24) is 5.32 Å². The Bertz CT molecular complexity index is 723. The molecule has 5 nitrogen and oxygen atoms in total. The van der Waals surface area contributed by atoms with Crippen molar-refractivity contribution in [2.24, 2.45) is 5.92 Å². The van der Waals surface area contributed by atoms with Crippen molar-refractivity contribution in [2.75, 3.05) is 21.3 Å². The molecule has 0 saturated heterocycles. The number of carbonyl (C=O) groups is 2. The average Bonchev–Trinajstić information content (AvgIpc) is 2.59. The Kier molecular flexibility index (Phi) is 5.67. The number of carbonyl (C=O) groups excluding carboxylic acids is 2. The summed E-state index contributed by atoms with van der Waals surface area (Å²) in [5.41, 5.74) is 2.46. The summed E-state index contributed by atoms with van der Waals surface area (Å²) in [6.07, 6.45) is 1.77. The fourth-order valence-corrected chi connectivity index (χ4v) is 3.32. The quantitative estimate of drug-likeness (QED) is 0.847. The molecule has 0 saturated carbocycles. The predicted molar refractivity (Wildman–Crippen MR) is 91.6 cm³/mol. The Hall–Kier alpha value is -2.27. The molecule has 1 N–H and O–H groups in total. The summed E-state index contributed by atoms with van der Waals surface area (Å²) in [7, 11) is 4.36. The second-order valence-corrected chi connectivity index (χ2v) is 5.85.